The van der Waals surface area contributed by atoms with E-state index in [1.165, 1.54) is 0 Å². The van der Waals surface area contributed by atoms with Gasteiger partial charge in [-0.3, -0.25) is 4.79 Å². The summed E-state index contributed by atoms with van der Waals surface area (Å²) in [5.41, 5.74) is 3.06. The Labute approximate surface area is 194 Å². The molecule has 0 spiro atoms. The zero-order valence-corrected chi connectivity index (χ0v) is 19.4. The first-order valence-electron chi connectivity index (χ1n) is 11.2. The van der Waals surface area contributed by atoms with Gasteiger partial charge in [0.15, 0.2) is 5.60 Å². The van der Waals surface area contributed by atoms with Crippen LogP contribution in [0.5, 0.6) is 0 Å². The third kappa shape index (κ3) is 4.71. The van der Waals surface area contributed by atoms with Crippen molar-refractivity contribution in [3.63, 3.8) is 0 Å². The SMILES string of the molecule is COC[C@]1(c2ccccc2)CCN([C@@H](C)C2=CCC=C(c3ccn(C)c(=O)c3)C=C2)C(=O)O1. The molecule has 4 rings (SSSR count). The highest BCUT2D eigenvalue weighted by atomic mass is 16.6. The molecule has 2 atom stereocenters. The first-order valence-corrected chi connectivity index (χ1v) is 11.2. The maximum atomic E-state index is 13.1. The van der Waals surface area contributed by atoms with Crippen LogP contribution in [0.15, 0.2) is 83.3 Å². The zero-order chi connectivity index (χ0) is 23.4. The average Bonchev–Trinajstić information content (AvgIpc) is 3.08. The normalized spacial score (nSPS) is 21.7. The number of allylic oxidation sites excluding steroid dienone is 4. The lowest BCUT2D eigenvalue weighted by atomic mass is 9.89. The van der Waals surface area contributed by atoms with Gasteiger partial charge in [0.1, 0.15) is 0 Å². The van der Waals surface area contributed by atoms with Crippen LogP contribution in [0.4, 0.5) is 4.79 Å². The van der Waals surface area contributed by atoms with Gasteiger partial charge in [-0.15, -0.1) is 0 Å². The van der Waals surface area contributed by atoms with Crippen LogP contribution in [0, 0.1) is 0 Å². The van der Waals surface area contributed by atoms with E-state index in [2.05, 4.69) is 12.2 Å². The summed E-state index contributed by atoms with van der Waals surface area (Å²) in [6.07, 6.45) is 11.1. The lowest BCUT2D eigenvalue weighted by Crippen LogP contribution is -2.53. The molecule has 6 nitrogen and oxygen atoms in total. The number of hydrogen-bond acceptors (Lipinski definition) is 4. The van der Waals surface area contributed by atoms with Crippen molar-refractivity contribution in [2.45, 2.75) is 31.4 Å². The van der Waals surface area contributed by atoms with Crippen molar-refractivity contribution in [2.75, 3.05) is 20.3 Å². The minimum absolute atomic E-state index is 0.0402. The topological polar surface area (TPSA) is 60.8 Å². The highest BCUT2D eigenvalue weighted by Crippen LogP contribution is 2.36. The Morgan fingerprint density at radius 2 is 1.91 bits per heavy atom. The smallest absolute Gasteiger partial charge is 0.411 e. The van der Waals surface area contributed by atoms with Crippen LogP contribution in [0.2, 0.25) is 0 Å². The lowest BCUT2D eigenvalue weighted by molar-refractivity contribution is -0.0941. The van der Waals surface area contributed by atoms with E-state index >= 15 is 0 Å². The van der Waals surface area contributed by atoms with Gasteiger partial charge >= 0.3 is 6.09 Å². The molecule has 33 heavy (non-hydrogen) atoms. The summed E-state index contributed by atoms with van der Waals surface area (Å²) < 4.78 is 13.0. The standard InChI is InChI=1S/C27H30N2O4/c1-20(21-8-7-9-22(13-12-21)23-14-16-28(2)25(30)18-23)29-17-15-27(19-32-3,33-26(29)31)24-10-5-4-6-11-24/h4-6,8-14,16,18,20H,7,15,17,19H2,1-3H3/t20-,27-/m0/s1. The van der Waals surface area contributed by atoms with Crippen molar-refractivity contribution in [2.24, 2.45) is 7.05 Å². The largest absolute Gasteiger partial charge is 0.435 e. The molecule has 0 unspecified atom stereocenters. The van der Waals surface area contributed by atoms with Crippen molar-refractivity contribution in [1.29, 1.82) is 0 Å². The number of ether oxygens (including phenoxy) is 2. The maximum Gasteiger partial charge on any atom is 0.411 e. The third-order valence-electron chi connectivity index (χ3n) is 6.49. The molecule has 0 bridgehead atoms. The van der Waals surface area contributed by atoms with E-state index in [1.54, 1.807) is 35.9 Å². The van der Waals surface area contributed by atoms with Crippen molar-refractivity contribution >= 4 is 11.7 Å². The van der Waals surface area contributed by atoms with Crippen LogP contribution in [0.3, 0.4) is 0 Å². The Balaban J connectivity index is 1.49. The molecule has 1 aliphatic carbocycles. The molecule has 1 aliphatic heterocycles. The van der Waals surface area contributed by atoms with Crippen molar-refractivity contribution in [1.82, 2.24) is 9.47 Å². The van der Waals surface area contributed by atoms with Gasteiger partial charge in [0.25, 0.3) is 5.56 Å². The molecule has 2 heterocycles. The fraction of sp³-hybridized carbons (Fsp3) is 0.333. The molecule has 1 saturated heterocycles. The molecule has 2 aromatic rings. The summed E-state index contributed by atoms with van der Waals surface area (Å²) in [6.45, 7) is 2.91. The van der Waals surface area contributed by atoms with E-state index in [4.69, 9.17) is 9.47 Å². The van der Waals surface area contributed by atoms with Crippen LogP contribution in [-0.2, 0) is 22.1 Å². The molecule has 6 heteroatoms. The first kappa shape index (κ1) is 22.8. The van der Waals surface area contributed by atoms with Gasteiger partial charge in [0.2, 0.25) is 0 Å². The Morgan fingerprint density at radius 1 is 1.12 bits per heavy atom. The van der Waals surface area contributed by atoms with Crippen LogP contribution in [0.25, 0.3) is 5.57 Å². The Kier molecular flexibility index (Phi) is 6.65. The second kappa shape index (κ2) is 9.63. The van der Waals surface area contributed by atoms with E-state index in [0.717, 1.165) is 28.7 Å². The van der Waals surface area contributed by atoms with E-state index < -0.39 is 5.60 Å². The van der Waals surface area contributed by atoms with Crippen LogP contribution in [0.1, 0.15) is 30.9 Å². The van der Waals surface area contributed by atoms with Gasteiger partial charge in [-0.1, -0.05) is 54.6 Å². The number of benzene rings is 1. The number of rotatable bonds is 6. The Bertz CT molecular complexity index is 1160. The van der Waals surface area contributed by atoms with E-state index in [0.29, 0.717) is 19.6 Å². The highest BCUT2D eigenvalue weighted by Gasteiger charge is 2.43. The summed E-state index contributed by atoms with van der Waals surface area (Å²) in [5, 5.41) is 0. The number of methoxy groups -OCH3 is 1. The highest BCUT2D eigenvalue weighted by molar-refractivity contribution is 5.75. The summed E-state index contributed by atoms with van der Waals surface area (Å²) in [4.78, 5) is 26.9. The number of nitrogens with zero attached hydrogens (tertiary/aromatic N) is 2. The minimum Gasteiger partial charge on any atom is -0.435 e. The van der Waals surface area contributed by atoms with E-state index in [9.17, 15) is 9.59 Å². The molecule has 1 aromatic carbocycles. The number of aromatic nitrogens is 1. The van der Waals surface area contributed by atoms with Crippen LogP contribution < -0.4 is 5.56 Å². The molecular formula is C27H30N2O4. The van der Waals surface area contributed by atoms with Gasteiger partial charge in [-0.05, 0) is 41.7 Å². The number of carbonyl (C=O) groups excluding carboxylic acids is 1. The van der Waals surface area contributed by atoms with Crippen LogP contribution in [-0.4, -0.2) is 41.9 Å². The maximum absolute atomic E-state index is 13.1. The molecule has 0 N–H and O–H groups in total. The zero-order valence-electron chi connectivity index (χ0n) is 19.4. The fourth-order valence-corrected chi connectivity index (χ4v) is 4.46. The summed E-state index contributed by atoms with van der Waals surface area (Å²) in [6, 6.07) is 13.2. The first-order chi connectivity index (χ1) is 15.9. The summed E-state index contributed by atoms with van der Waals surface area (Å²) in [7, 11) is 3.36. The van der Waals surface area contributed by atoms with E-state index in [-0.39, 0.29) is 17.7 Å². The summed E-state index contributed by atoms with van der Waals surface area (Å²) in [5.74, 6) is 0. The van der Waals surface area contributed by atoms with Gasteiger partial charge in [-0.25, -0.2) is 4.79 Å². The Morgan fingerprint density at radius 3 is 2.61 bits per heavy atom. The van der Waals surface area contributed by atoms with Gasteiger partial charge in [0.05, 0.1) is 12.6 Å². The fourth-order valence-electron chi connectivity index (χ4n) is 4.46. The molecule has 1 aromatic heterocycles. The molecule has 0 saturated carbocycles. The monoisotopic (exact) mass is 446 g/mol. The number of cyclic esters (lactones) is 1. The van der Waals surface area contributed by atoms with Gasteiger partial charge in [0, 0.05) is 39.4 Å². The van der Waals surface area contributed by atoms with Crippen molar-refractivity contribution in [3.8, 4) is 0 Å². The number of aryl methyl sites for hydroxylation is 1. The second-order valence-electron chi connectivity index (χ2n) is 8.58. The Hall–Kier alpha value is -3.38. The van der Waals surface area contributed by atoms with Gasteiger partial charge in [-0.2, -0.15) is 0 Å². The molecular weight excluding hydrogens is 416 g/mol. The van der Waals surface area contributed by atoms with E-state index in [1.807, 2.05) is 55.5 Å². The molecule has 1 amide bonds. The molecule has 1 fully saturated rings. The lowest BCUT2D eigenvalue weighted by Gasteiger charge is -2.43. The average molecular weight is 447 g/mol. The third-order valence-corrected chi connectivity index (χ3v) is 6.49. The number of hydrogen-bond donors (Lipinski definition) is 0. The second-order valence-corrected chi connectivity index (χ2v) is 8.58. The number of amides is 1. The van der Waals surface area contributed by atoms with Gasteiger partial charge < -0.3 is 18.9 Å². The number of carbonyl (C=O) groups is 1. The molecule has 0 radical (unpaired) electrons. The van der Waals surface area contributed by atoms with Crippen molar-refractivity contribution < 1.29 is 14.3 Å². The quantitative estimate of drug-likeness (QED) is 0.659. The predicted octanol–water partition coefficient (Wildman–Crippen LogP) is 4.43. The minimum atomic E-state index is -0.773. The number of pyridine rings is 1. The van der Waals surface area contributed by atoms with Crippen LogP contribution >= 0.6 is 0 Å². The molecule has 172 valence electrons. The van der Waals surface area contributed by atoms with Crippen molar-refractivity contribution in [3.05, 3.63) is 100 Å². The summed E-state index contributed by atoms with van der Waals surface area (Å²) >= 11 is 0. The predicted molar refractivity (Wildman–Crippen MR) is 129 cm³/mol. The molecule has 2 aliphatic rings.